The molecule has 4 rings (SSSR count). The van der Waals surface area contributed by atoms with Gasteiger partial charge in [-0.3, -0.25) is 0 Å². The van der Waals surface area contributed by atoms with Crippen molar-refractivity contribution in [2.45, 2.75) is 25.4 Å². The summed E-state index contributed by atoms with van der Waals surface area (Å²) in [5, 5.41) is 13.0. The molecular weight excluding hydrogens is 694 g/mol. The molecule has 2 aromatic heterocycles. The van der Waals surface area contributed by atoms with E-state index >= 15 is 0 Å². The van der Waals surface area contributed by atoms with Crippen LogP contribution < -0.4 is 0 Å². The van der Waals surface area contributed by atoms with Crippen LogP contribution in [0.25, 0.3) is 10.1 Å². The second-order valence-electron chi connectivity index (χ2n) is 10.7. The molecule has 3 aromatic rings. The van der Waals surface area contributed by atoms with Gasteiger partial charge in [0.2, 0.25) is 0 Å². The summed E-state index contributed by atoms with van der Waals surface area (Å²) in [6.07, 6.45) is 7.62. The lowest BCUT2D eigenvalue weighted by atomic mass is 9.96. The lowest BCUT2D eigenvalue weighted by Gasteiger charge is -2.31. The molecule has 1 atom stereocenters. The third-order valence-corrected chi connectivity index (χ3v) is 11.3. The van der Waals surface area contributed by atoms with Crippen molar-refractivity contribution in [3.05, 3.63) is 91.6 Å². The van der Waals surface area contributed by atoms with Crippen molar-refractivity contribution in [1.82, 2.24) is 4.90 Å². The van der Waals surface area contributed by atoms with Crippen LogP contribution in [0.4, 0.5) is 0 Å². The Labute approximate surface area is 281 Å². The standard InChI is InChI=1S/C31H34ClNO9S4/c1-45(37,38)15-12-41-30(35)23-17-21(7-5-11-34)18-25(27-10-6-14-43-27)33(19-24(23)31(36)42-13-16-46(2,39)40)20-28-29(32)22-8-3-4-9-26(22)44-28/h3-4,6,8-10,14,17-19,25,34H,5,7,11-13,15-16,20H2,1-2H3. The number of thiophene rings is 2. The first-order chi connectivity index (χ1) is 21.8. The van der Waals surface area contributed by atoms with Gasteiger partial charge in [0.25, 0.3) is 0 Å². The Morgan fingerprint density at radius 2 is 1.61 bits per heavy atom. The second kappa shape index (κ2) is 15.7. The molecule has 0 radical (unpaired) electrons. The Hall–Kier alpha value is -3.01. The van der Waals surface area contributed by atoms with Crippen molar-refractivity contribution >= 4 is 76.0 Å². The van der Waals surface area contributed by atoms with Crippen molar-refractivity contribution in [1.29, 1.82) is 0 Å². The molecule has 0 aliphatic carbocycles. The van der Waals surface area contributed by atoms with Crippen LogP contribution in [0.2, 0.25) is 5.02 Å². The van der Waals surface area contributed by atoms with Crippen LogP contribution in [0.3, 0.4) is 0 Å². The molecule has 1 aliphatic heterocycles. The minimum absolute atomic E-state index is 0.125. The van der Waals surface area contributed by atoms with Gasteiger partial charge < -0.3 is 19.5 Å². The lowest BCUT2D eigenvalue weighted by molar-refractivity contribution is -0.142. The van der Waals surface area contributed by atoms with Gasteiger partial charge in [0.1, 0.15) is 13.2 Å². The van der Waals surface area contributed by atoms with Gasteiger partial charge in [-0.05, 0) is 42.0 Å². The Morgan fingerprint density at radius 1 is 0.957 bits per heavy atom. The first-order valence-electron chi connectivity index (χ1n) is 14.2. The number of nitrogens with zero attached hydrogens (tertiary/aromatic N) is 1. The number of aliphatic hydroxyl groups is 1. The summed E-state index contributed by atoms with van der Waals surface area (Å²) in [4.78, 5) is 30.8. The van der Waals surface area contributed by atoms with E-state index in [1.165, 1.54) is 34.9 Å². The highest BCUT2D eigenvalue weighted by molar-refractivity contribution is 7.90. The molecule has 1 unspecified atom stereocenters. The number of sulfone groups is 2. The van der Waals surface area contributed by atoms with Crippen LogP contribution >= 0.6 is 34.3 Å². The molecule has 0 saturated heterocycles. The maximum Gasteiger partial charge on any atom is 0.340 e. The van der Waals surface area contributed by atoms with E-state index in [1.54, 1.807) is 0 Å². The third-order valence-electron chi connectivity index (χ3n) is 6.84. The topological polar surface area (TPSA) is 144 Å². The van der Waals surface area contributed by atoms with Crippen molar-refractivity contribution in [3.63, 3.8) is 0 Å². The average Bonchev–Trinajstić information content (AvgIpc) is 3.61. The smallest absolute Gasteiger partial charge is 0.340 e. The number of aliphatic hydroxyl groups excluding tert-OH is 1. The molecule has 1 N–H and O–H groups in total. The summed E-state index contributed by atoms with van der Waals surface area (Å²) < 4.78 is 58.6. The van der Waals surface area contributed by atoms with E-state index in [4.69, 9.17) is 21.1 Å². The van der Waals surface area contributed by atoms with Crippen molar-refractivity contribution in [3.8, 4) is 0 Å². The van der Waals surface area contributed by atoms with E-state index in [9.17, 15) is 31.5 Å². The van der Waals surface area contributed by atoms with E-state index in [2.05, 4.69) is 0 Å². The molecule has 0 fully saturated rings. The van der Waals surface area contributed by atoms with Gasteiger partial charge >= 0.3 is 11.9 Å². The first-order valence-corrected chi connectivity index (χ1v) is 20.4. The quantitative estimate of drug-likeness (QED) is 0.229. The molecule has 46 heavy (non-hydrogen) atoms. The highest BCUT2D eigenvalue weighted by atomic mass is 35.5. The SMILES string of the molecule is CS(=O)(=O)CCOC(=O)C1=CC(CCCO)=CC(c2cccs2)N(Cc2sc3ccccc3c2Cl)C=C1C(=O)OCCS(C)(=O)=O. The Bertz CT molecular complexity index is 1870. The van der Waals surface area contributed by atoms with Gasteiger partial charge in [-0.2, -0.15) is 0 Å². The second-order valence-corrected chi connectivity index (χ2v) is 17.7. The molecule has 1 aromatic carbocycles. The molecule has 0 amide bonds. The summed E-state index contributed by atoms with van der Waals surface area (Å²) in [5.74, 6) is -2.77. The summed E-state index contributed by atoms with van der Waals surface area (Å²) in [6.45, 7) is -0.795. The molecule has 1 aliphatic rings. The van der Waals surface area contributed by atoms with Gasteiger partial charge in [0.15, 0.2) is 19.7 Å². The number of benzene rings is 1. The fraction of sp³-hybridized carbons (Fsp3) is 0.355. The molecule has 3 heterocycles. The Morgan fingerprint density at radius 3 is 2.20 bits per heavy atom. The Kier molecular flexibility index (Phi) is 12.2. The molecule has 15 heteroatoms. The average molecular weight is 728 g/mol. The number of hydrogen-bond donors (Lipinski definition) is 1. The minimum Gasteiger partial charge on any atom is -0.461 e. The monoisotopic (exact) mass is 727 g/mol. The molecule has 0 spiro atoms. The van der Waals surface area contributed by atoms with E-state index in [0.717, 1.165) is 32.4 Å². The van der Waals surface area contributed by atoms with Gasteiger partial charge in [0.05, 0.1) is 40.3 Å². The number of fused-ring (bicyclic) bond motifs is 1. The number of hydrogen-bond acceptors (Lipinski definition) is 12. The van der Waals surface area contributed by atoms with Crippen LogP contribution in [0.1, 0.15) is 28.6 Å². The number of carbonyl (C=O) groups excluding carboxylic acids is 2. The third kappa shape index (κ3) is 9.99. The minimum atomic E-state index is -3.46. The first kappa shape index (κ1) is 35.8. The molecule has 0 bridgehead atoms. The molecule has 10 nitrogen and oxygen atoms in total. The highest BCUT2D eigenvalue weighted by Crippen LogP contribution is 2.40. The van der Waals surface area contributed by atoms with Gasteiger partial charge in [-0.1, -0.05) is 41.9 Å². The number of ether oxygens (including phenoxy) is 2. The van der Waals surface area contributed by atoms with Crippen molar-refractivity contribution < 1.29 is 41.0 Å². The molecule has 0 saturated carbocycles. The van der Waals surface area contributed by atoms with Crippen LogP contribution in [-0.2, 0) is 45.3 Å². The number of carbonyl (C=O) groups is 2. The van der Waals surface area contributed by atoms with Gasteiger partial charge in [-0.25, -0.2) is 26.4 Å². The van der Waals surface area contributed by atoms with Crippen LogP contribution in [-0.4, -0.2) is 82.6 Å². The van der Waals surface area contributed by atoms with Gasteiger partial charge in [-0.15, -0.1) is 22.7 Å². The van der Waals surface area contributed by atoms with E-state index in [1.807, 2.05) is 52.8 Å². The number of rotatable bonds is 14. The Balaban J connectivity index is 1.87. The highest BCUT2D eigenvalue weighted by Gasteiger charge is 2.30. The zero-order chi connectivity index (χ0) is 33.5. The zero-order valence-corrected chi connectivity index (χ0v) is 29.2. The van der Waals surface area contributed by atoms with E-state index < -0.39 is 62.4 Å². The van der Waals surface area contributed by atoms with Crippen molar-refractivity contribution in [2.24, 2.45) is 0 Å². The summed E-state index contributed by atoms with van der Waals surface area (Å²) in [5.41, 5.74) is 0.217. The van der Waals surface area contributed by atoms with E-state index in [-0.39, 0.29) is 24.3 Å². The zero-order valence-electron chi connectivity index (χ0n) is 25.2. The predicted octanol–water partition coefficient (Wildman–Crippen LogP) is 4.86. The number of esters is 2. The number of allylic oxidation sites excluding steroid dienone is 2. The summed E-state index contributed by atoms with van der Waals surface area (Å²) in [7, 11) is -6.91. The normalized spacial score (nSPS) is 15.9. The largest absolute Gasteiger partial charge is 0.461 e. The van der Waals surface area contributed by atoms with Crippen molar-refractivity contribution in [2.75, 3.05) is 43.8 Å². The fourth-order valence-electron chi connectivity index (χ4n) is 4.60. The summed E-state index contributed by atoms with van der Waals surface area (Å²) in [6, 6.07) is 11.1. The lowest BCUT2D eigenvalue weighted by Crippen LogP contribution is -2.28. The molecular formula is C31H34ClNO9S4. The van der Waals surface area contributed by atoms with Crippen LogP contribution in [0, 0.1) is 0 Å². The van der Waals surface area contributed by atoms with Gasteiger partial charge in [0, 0.05) is 45.2 Å². The number of halogens is 1. The molecule has 248 valence electrons. The van der Waals surface area contributed by atoms with E-state index in [0.29, 0.717) is 23.4 Å². The summed E-state index contributed by atoms with van der Waals surface area (Å²) >= 11 is 9.83. The fourth-order valence-corrected chi connectivity index (χ4v) is 7.69. The van der Waals surface area contributed by atoms with Crippen LogP contribution in [0.5, 0.6) is 0 Å². The predicted molar refractivity (Wildman–Crippen MR) is 181 cm³/mol. The van der Waals surface area contributed by atoms with Crippen LogP contribution in [0.15, 0.2) is 76.8 Å². The maximum absolute atomic E-state index is 13.7. The maximum atomic E-state index is 13.7.